The van der Waals surface area contributed by atoms with Gasteiger partial charge in [0.2, 0.25) is 0 Å². The molecule has 0 saturated carbocycles. The maximum atomic E-state index is 13.3. The van der Waals surface area contributed by atoms with Gasteiger partial charge in [-0.1, -0.05) is 49.4 Å². The van der Waals surface area contributed by atoms with Crippen LogP contribution in [0.5, 0.6) is 5.75 Å². The van der Waals surface area contributed by atoms with Crippen LogP contribution in [0.3, 0.4) is 0 Å². The minimum Gasteiger partial charge on any atom is -0.491 e. The standard InChI is InChI=1S/C32H32N2O4S/c1-4-39(36,37)27-15-11-23(12-16-27)20-33-32(35)25-18-24(17-22-9-13-26(14-10-22)38-21(2)3)31-29(19-25)28-7-5-6-8-30(28)34-31/h5-16,18-19,21,34H,4,17,20H2,1-3H3,(H,33,35). The van der Waals surface area contributed by atoms with Crippen molar-refractivity contribution in [1.29, 1.82) is 0 Å². The maximum Gasteiger partial charge on any atom is 0.251 e. The van der Waals surface area contributed by atoms with Crippen molar-refractivity contribution in [3.8, 4) is 5.75 Å². The molecule has 1 amide bonds. The van der Waals surface area contributed by atoms with Crippen molar-refractivity contribution in [3.05, 3.63) is 107 Å². The largest absolute Gasteiger partial charge is 0.491 e. The van der Waals surface area contributed by atoms with E-state index >= 15 is 0 Å². The number of benzene rings is 4. The molecule has 4 aromatic carbocycles. The van der Waals surface area contributed by atoms with Gasteiger partial charge in [0.1, 0.15) is 5.75 Å². The molecule has 5 aromatic rings. The topological polar surface area (TPSA) is 88.3 Å². The molecular formula is C32H32N2O4S. The Hall–Kier alpha value is -4.10. The van der Waals surface area contributed by atoms with Gasteiger partial charge in [-0.2, -0.15) is 0 Å². The minimum atomic E-state index is -3.26. The number of aromatic amines is 1. The molecule has 0 radical (unpaired) electrons. The van der Waals surface area contributed by atoms with Gasteiger partial charge in [-0.3, -0.25) is 4.79 Å². The summed E-state index contributed by atoms with van der Waals surface area (Å²) >= 11 is 0. The number of amides is 1. The molecule has 0 aliphatic carbocycles. The molecule has 0 aliphatic heterocycles. The Morgan fingerprint density at radius 1 is 0.897 bits per heavy atom. The van der Waals surface area contributed by atoms with Crippen LogP contribution >= 0.6 is 0 Å². The number of para-hydroxylation sites is 1. The monoisotopic (exact) mass is 540 g/mol. The lowest BCUT2D eigenvalue weighted by Gasteiger charge is -2.12. The molecule has 0 unspecified atom stereocenters. The van der Waals surface area contributed by atoms with Gasteiger partial charge in [-0.25, -0.2) is 8.42 Å². The molecule has 0 saturated heterocycles. The van der Waals surface area contributed by atoms with E-state index in [4.69, 9.17) is 4.74 Å². The molecule has 5 rings (SSSR count). The fourth-order valence-corrected chi connectivity index (χ4v) is 5.62. The molecule has 0 spiro atoms. The lowest BCUT2D eigenvalue weighted by atomic mass is 9.98. The number of fused-ring (bicyclic) bond motifs is 3. The van der Waals surface area contributed by atoms with E-state index in [1.165, 1.54) is 0 Å². The summed E-state index contributed by atoms with van der Waals surface area (Å²) in [5.41, 5.74) is 5.59. The van der Waals surface area contributed by atoms with Crippen molar-refractivity contribution in [3.63, 3.8) is 0 Å². The summed E-state index contributed by atoms with van der Waals surface area (Å²) < 4.78 is 30.0. The lowest BCUT2D eigenvalue weighted by Crippen LogP contribution is -2.23. The van der Waals surface area contributed by atoms with Crippen molar-refractivity contribution in [2.45, 2.75) is 44.7 Å². The van der Waals surface area contributed by atoms with Gasteiger partial charge in [-0.05, 0) is 79.4 Å². The van der Waals surface area contributed by atoms with E-state index in [2.05, 4.69) is 28.5 Å². The summed E-state index contributed by atoms with van der Waals surface area (Å²) in [6.45, 7) is 5.93. The van der Waals surface area contributed by atoms with Crippen LogP contribution in [0, 0.1) is 0 Å². The van der Waals surface area contributed by atoms with E-state index in [1.807, 2.05) is 56.3 Å². The van der Waals surface area contributed by atoms with Gasteiger partial charge >= 0.3 is 0 Å². The number of H-pyrrole nitrogens is 1. The molecule has 1 aromatic heterocycles. The molecule has 0 aliphatic rings. The molecule has 7 heteroatoms. The number of aromatic nitrogens is 1. The van der Waals surface area contributed by atoms with Crippen molar-refractivity contribution < 1.29 is 17.9 Å². The second-order valence-electron chi connectivity index (χ2n) is 9.95. The second-order valence-corrected chi connectivity index (χ2v) is 12.2. The summed E-state index contributed by atoms with van der Waals surface area (Å²) in [6, 6.07) is 26.7. The normalized spacial score (nSPS) is 11.8. The van der Waals surface area contributed by atoms with Gasteiger partial charge in [0.15, 0.2) is 9.84 Å². The van der Waals surface area contributed by atoms with Gasteiger partial charge in [-0.15, -0.1) is 0 Å². The van der Waals surface area contributed by atoms with Crippen LogP contribution in [0.1, 0.15) is 47.8 Å². The van der Waals surface area contributed by atoms with Gasteiger partial charge in [0.05, 0.1) is 22.3 Å². The number of sulfone groups is 1. The van der Waals surface area contributed by atoms with Gasteiger partial charge < -0.3 is 15.0 Å². The highest BCUT2D eigenvalue weighted by atomic mass is 32.2. The first kappa shape index (κ1) is 26.5. The third-order valence-electron chi connectivity index (χ3n) is 6.76. The fourth-order valence-electron chi connectivity index (χ4n) is 4.74. The van der Waals surface area contributed by atoms with E-state index in [1.54, 1.807) is 31.2 Å². The molecule has 2 N–H and O–H groups in total. The van der Waals surface area contributed by atoms with Crippen LogP contribution in [-0.2, 0) is 22.8 Å². The molecule has 0 fully saturated rings. The summed E-state index contributed by atoms with van der Waals surface area (Å²) in [6.07, 6.45) is 0.763. The zero-order valence-corrected chi connectivity index (χ0v) is 23.1. The first-order chi connectivity index (χ1) is 18.7. The van der Waals surface area contributed by atoms with E-state index in [-0.39, 0.29) is 17.8 Å². The Bertz CT molecular complexity index is 1740. The zero-order valence-electron chi connectivity index (χ0n) is 22.3. The smallest absolute Gasteiger partial charge is 0.251 e. The molecule has 0 bridgehead atoms. The second kappa shape index (κ2) is 10.9. The van der Waals surface area contributed by atoms with Crippen LogP contribution < -0.4 is 10.1 Å². The van der Waals surface area contributed by atoms with Gasteiger partial charge in [0.25, 0.3) is 5.91 Å². The number of ether oxygens (including phenoxy) is 1. The third-order valence-corrected chi connectivity index (χ3v) is 8.51. The lowest BCUT2D eigenvalue weighted by molar-refractivity contribution is 0.0951. The Labute approximate surface area is 228 Å². The van der Waals surface area contributed by atoms with Crippen LogP contribution in [0.15, 0.2) is 89.8 Å². The highest BCUT2D eigenvalue weighted by Crippen LogP contribution is 2.31. The van der Waals surface area contributed by atoms with Crippen molar-refractivity contribution >= 4 is 37.6 Å². The predicted octanol–water partition coefficient (Wildman–Crippen LogP) is 6.42. The molecule has 39 heavy (non-hydrogen) atoms. The number of hydrogen-bond acceptors (Lipinski definition) is 4. The number of carbonyl (C=O) groups excluding carboxylic acids is 1. The first-order valence-corrected chi connectivity index (χ1v) is 14.8. The summed E-state index contributed by atoms with van der Waals surface area (Å²) in [4.78, 5) is 17.1. The van der Waals surface area contributed by atoms with E-state index < -0.39 is 9.84 Å². The van der Waals surface area contributed by atoms with Crippen LogP contribution in [0.25, 0.3) is 21.8 Å². The van der Waals surface area contributed by atoms with E-state index in [9.17, 15) is 13.2 Å². The molecule has 200 valence electrons. The Morgan fingerprint density at radius 3 is 2.28 bits per heavy atom. The average molecular weight is 541 g/mol. The summed E-state index contributed by atoms with van der Waals surface area (Å²) in [7, 11) is -3.26. The zero-order chi connectivity index (χ0) is 27.6. The van der Waals surface area contributed by atoms with Crippen molar-refractivity contribution in [2.24, 2.45) is 0 Å². The molecular weight excluding hydrogens is 508 g/mol. The number of nitrogens with one attached hydrogen (secondary N) is 2. The number of hydrogen-bond donors (Lipinski definition) is 2. The quantitative estimate of drug-likeness (QED) is 0.226. The Kier molecular flexibility index (Phi) is 7.44. The number of rotatable bonds is 9. The minimum absolute atomic E-state index is 0.0532. The highest BCUT2D eigenvalue weighted by Gasteiger charge is 2.16. The van der Waals surface area contributed by atoms with Crippen LogP contribution in [0.4, 0.5) is 0 Å². The highest BCUT2D eigenvalue weighted by molar-refractivity contribution is 7.91. The average Bonchev–Trinajstić information content (AvgIpc) is 3.32. The molecule has 1 heterocycles. The Morgan fingerprint density at radius 2 is 1.59 bits per heavy atom. The van der Waals surface area contributed by atoms with Crippen LogP contribution in [-0.4, -0.2) is 31.2 Å². The molecule has 0 atom stereocenters. The summed E-state index contributed by atoms with van der Waals surface area (Å²) in [5, 5.41) is 5.06. The van der Waals surface area contributed by atoms with Gasteiger partial charge in [0, 0.05) is 28.4 Å². The Balaban J connectivity index is 1.43. The summed E-state index contributed by atoms with van der Waals surface area (Å²) in [5.74, 6) is 0.699. The SMILES string of the molecule is CCS(=O)(=O)c1ccc(CNC(=O)c2cc(Cc3ccc(OC(C)C)cc3)c3[nH]c4ccccc4c3c2)cc1. The number of carbonyl (C=O) groups is 1. The third kappa shape index (κ3) is 5.83. The fraction of sp³-hybridized carbons (Fsp3) is 0.219. The van der Waals surface area contributed by atoms with E-state index in [0.29, 0.717) is 23.4 Å². The van der Waals surface area contributed by atoms with Crippen molar-refractivity contribution in [1.82, 2.24) is 10.3 Å². The molecule has 6 nitrogen and oxygen atoms in total. The predicted molar refractivity (Wildman–Crippen MR) is 156 cm³/mol. The maximum absolute atomic E-state index is 13.3. The van der Waals surface area contributed by atoms with E-state index in [0.717, 1.165) is 44.2 Å². The van der Waals surface area contributed by atoms with Crippen LogP contribution in [0.2, 0.25) is 0 Å². The first-order valence-electron chi connectivity index (χ1n) is 13.1. The van der Waals surface area contributed by atoms with Crippen molar-refractivity contribution in [2.75, 3.05) is 5.75 Å².